The summed E-state index contributed by atoms with van der Waals surface area (Å²) in [5.74, 6) is 1.60. The lowest BCUT2D eigenvalue weighted by Crippen LogP contribution is -2.13. The first kappa shape index (κ1) is 16.2. The molecule has 6 heteroatoms. The molecule has 0 aliphatic heterocycles. The topological polar surface area (TPSA) is 68.0 Å². The quantitative estimate of drug-likeness (QED) is 0.752. The summed E-state index contributed by atoms with van der Waals surface area (Å²) in [6, 6.07) is 11.0. The molecule has 0 bridgehead atoms. The average Bonchev–Trinajstić information content (AvgIpc) is 3.03. The molecule has 5 nitrogen and oxygen atoms in total. The smallest absolute Gasteiger partial charge is 0.226 e. The van der Waals surface area contributed by atoms with Crippen molar-refractivity contribution in [2.75, 3.05) is 5.32 Å². The van der Waals surface area contributed by atoms with Gasteiger partial charge in [-0.2, -0.15) is 0 Å². The fourth-order valence-corrected chi connectivity index (χ4v) is 2.33. The van der Waals surface area contributed by atoms with E-state index in [9.17, 15) is 4.79 Å². The number of aryl methyl sites for hydroxylation is 2. The minimum atomic E-state index is -0.126. The molecule has 1 aromatic carbocycles. The van der Waals surface area contributed by atoms with Crippen LogP contribution >= 0.6 is 11.6 Å². The predicted molar refractivity (Wildman–Crippen MR) is 92.9 cm³/mol. The van der Waals surface area contributed by atoms with E-state index in [4.69, 9.17) is 16.0 Å². The maximum atomic E-state index is 12.0. The van der Waals surface area contributed by atoms with Gasteiger partial charge in [0.25, 0.3) is 0 Å². The van der Waals surface area contributed by atoms with E-state index in [2.05, 4.69) is 15.3 Å². The monoisotopic (exact) mass is 341 g/mol. The van der Waals surface area contributed by atoms with Crippen LogP contribution in [-0.4, -0.2) is 15.9 Å². The van der Waals surface area contributed by atoms with Gasteiger partial charge in [-0.25, -0.2) is 9.97 Å². The Kier molecular flexibility index (Phi) is 4.91. The van der Waals surface area contributed by atoms with Crippen LogP contribution in [0, 0.1) is 6.92 Å². The highest BCUT2D eigenvalue weighted by Crippen LogP contribution is 2.22. The van der Waals surface area contributed by atoms with Crippen molar-refractivity contribution in [3.63, 3.8) is 0 Å². The average molecular weight is 342 g/mol. The lowest BCUT2D eigenvalue weighted by molar-refractivity contribution is -0.116. The van der Waals surface area contributed by atoms with Gasteiger partial charge in [-0.15, -0.1) is 0 Å². The number of carbonyl (C=O) groups excluding carboxylic acids is 1. The van der Waals surface area contributed by atoms with Crippen LogP contribution < -0.4 is 5.32 Å². The standard InChI is InChI=1S/C18H16ClN3O2/c1-12-8-9-20-16(10-12)22-17(23)6-7-18-21-11-15(24-18)13-2-4-14(19)5-3-13/h2-5,8-11H,6-7H2,1H3,(H,20,22,23). The van der Waals surface area contributed by atoms with E-state index in [1.165, 1.54) is 0 Å². The molecule has 0 unspecified atom stereocenters. The first-order valence-corrected chi connectivity index (χ1v) is 7.91. The molecular formula is C18H16ClN3O2. The number of benzene rings is 1. The molecule has 0 saturated heterocycles. The number of pyridine rings is 1. The molecule has 3 aromatic rings. The third-order valence-electron chi connectivity index (χ3n) is 3.43. The summed E-state index contributed by atoms with van der Waals surface area (Å²) in [6.45, 7) is 1.95. The Morgan fingerprint density at radius 2 is 2.00 bits per heavy atom. The number of halogens is 1. The summed E-state index contributed by atoms with van der Waals surface area (Å²) in [4.78, 5) is 20.3. The highest BCUT2D eigenvalue weighted by molar-refractivity contribution is 6.30. The van der Waals surface area contributed by atoms with Gasteiger partial charge in [-0.3, -0.25) is 4.79 Å². The number of nitrogens with zero attached hydrogens (tertiary/aromatic N) is 2. The number of oxazole rings is 1. The highest BCUT2D eigenvalue weighted by Gasteiger charge is 2.09. The molecule has 1 N–H and O–H groups in total. The molecule has 0 fully saturated rings. The molecule has 2 aromatic heterocycles. The Hall–Kier alpha value is -2.66. The molecule has 0 atom stereocenters. The van der Waals surface area contributed by atoms with Crippen molar-refractivity contribution in [2.24, 2.45) is 0 Å². The zero-order valence-electron chi connectivity index (χ0n) is 13.1. The predicted octanol–water partition coefficient (Wildman–Crippen LogP) is 4.27. The lowest BCUT2D eigenvalue weighted by atomic mass is 10.2. The van der Waals surface area contributed by atoms with E-state index in [0.29, 0.717) is 28.9 Å². The normalized spacial score (nSPS) is 10.6. The van der Waals surface area contributed by atoms with Crippen molar-refractivity contribution in [1.29, 1.82) is 0 Å². The summed E-state index contributed by atoms with van der Waals surface area (Å²) in [6.07, 6.45) is 4.01. The SMILES string of the molecule is Cc1ccnc(NC(=O)CCc2ncc(-c3ccc(Cl)cc3)o2)c1. The third kappa shape index (κ3) is 4.20. The van der Waals surface area contributed by atoms with Crippen LogP contribution in [-0.2, 0) is 11.2 Å². The van der Waals surface area contributed by atoms with Gasteiger partial charge < -0.3 is 9.73 Å². The van der Waals surface area contributed by atoms with Gasteiger partial charge in [-0.1, -0.05) is 11.6 Å². The summed E-state index contributed by atoms with van der Waals surface area (Å²) in [7, 11) is 0. The number of anilines is 1. The number of aromatic nitrogens is 2. The van der Waals surface area contributed by atoms with E-state index in [-0.39, 0.29) is 12.3 Å². The van der Waals surface area contributed by atoms with Crippen LogP contribution in [0.1, 0.15) is 17.9 Å². The van der Waals surface area contributed by atoms with E-state index in [1.54, 1.807) is 24.5 Å². The van der Waals surface area contributed by atoms with Crippen LogP contribution in [0.5, 0.6) is 0 Å². The highest BCUT2D eigenvalue weighted by atomic mass is 35.5. The third-order valence-corrected chi connectivity index (χ3v) is 3.68. The van der Waals surface area contributed by atoms with Gasteiger partial charge in [0.15, 0.2) is 11.7 Å². The Morgan fingerprint density at radius 3 is 2.75 bits per heavy atom. The Balaban J connectivity index is 1.57. The second-order valence-corrected chi connectivity index (χ2v) is 5.83. The molecular weight excluding hydrogens is 326 g/mol. The minimum absolute atomic E-state index is 0.126. The largest absolute Gasteiger partial charge is 0.441 e. The molecule has 1 amide bonds. The van der Waals surface area contributed by atoms with Crippen LogP contribution in [0.25, 0.3) is 11.3 Å². The van der Waals surface area contributed by atoms with Crippen LogP contribution in [0.15, 0.2) is 53.2 Å². The number of rotatable bonds is 5. The van der Waals surface area contributed by atoms with E-state index in [1.807, 2.05) is 31.2 Å². The molecule has 0 spiro atoms. The van der Waals surface area contributed by atoms with Gasteiger partial charge in [0.05, 0.1) is 6.20 Å². The zero-order chi connectivity index (χ0) is 16.9. The second-order valence-electron chi connectivity index (χ2n) is 5.39. The summed E-state index contributed by atoms with van der Waals surface area (Å²) < 4.78 is 5.68. The van der Waals surface area contributed by atoms with Crippen LogP contribution in [0.4, 0.5) is 5.82 Å². The summed E-state index contributed by atoms with van der Waals surface area (Å²) in [5.41, 5.74) is 1.94. The zero-order valence-corrected chi connectivity index (χ0v) is 13.9. The lowest BCUT2D eigenvalue weighted by Gasteiger charge is -2.03. The Bertz CT molecular complexity index is 843. The van der Waals surface area contributed by atoms with Gasteiger partial charge in [-0.05, 0) is 48.9 Å². The minimum Gasteiger partial charge on any atom is -0.441 e. The van der Waals surface area contributed by atoms with Gasteiger partial charge in [0.1, 0.15) is 5.82 Å². The molecule has 0 saturated carbocycles. The van der Waals surface area contributed by atoms with Crippen LogP contribution in [0.2, 0.25) is 5.02 Å². The number of hydrogen-bond donors (Lipinski definition) is 1. The molecule has 0 aliphatic rings. The van der Waals surface area contributed by atoms with Crippen molar-refractivity contribution >= 4 is 23.3 Å². The van der Waals surface area contributed by atoms with E-state index < -0.39 is 0 Å². The molecule has 24 heavy (non-hydrogen) atoms. The van der Waals surface area contributed by atoms with Gasteiger partial charge in [0, 0.05) is 29.6 Å². The molecule has 3 rings (SSSR count). The molecule has 0 aliphatic carbocycles. The Labute approximate surface area is 144 Å². The first-order valence-electron chi connectivity index (χ1n) is 7.53. The first-order chi connectivity index (χ1) is 11.6. The Morgan fingerprint density at radius 1 is 1.21 bits per heavy atom. The van der Waals surface area contributed by atoms with Crippen molar-refractivity contribution in [1.82, 2.24) is 9.97 Å². The van der Waals surface area contributed by atoms with Crippen molar-refractivity contribution in [3.8, 4) is 11.3 Å². The van der Waals surface area contributed by atoms with Crippen molar-refractivity contribution in [2.45, 2.75) is 19.8 Å². The fourth-order valence-electron chi connectivity index (χ4n) is 2.20. The molecule has 122 valence electrons. The summed E-state index contributed by atoms with van der Waals surface area (Å²) in [5, 5.41) is 3.43. The maximum absolute atomic E-state index is 12.0. The van der Waals surface area contributed by atoms with Crippen molar-refractivity contribution in [3.05, 3.63) is 65.3 Å². The van der Waals surface area contributed by atoms with E-state index in [0.717, 1.165) is 11.1 Å². The second kappa shape index (κ2) is 7.27. The fraction of sp³-hybridized carbons (Fsp3) is 0.167. The van der Waals surface area contributed by atoms with Gasteiger partial charge in [0.2, 0.25) is 5.91 Å². The molecule has 0 radical (unpaired) electrons. The maximum Gasteiger partial charge on any atom is 0.226 e. The summed E-state index contributed by atoms with van der Waals surface area (Å²) >= 11 is 5.87. The van der Waals surface area contributed by atoms with Crippen molar-refractivity contribution < 1.29 is 9.21 Å². The number of carbonyl (C=O) groups is 1. The van der Waals surface area contributed by atoms with E-state index >= 15 is 0 Å². The number of hydrogen-bond acceptors (Lipinski definition) is 4. The molecule has 2 heterocycles. The number of nitrogens with one attached hydrogen (secondary N) is 1. The van der Waals surface area contributed by atoms with Gasteiger partial charge >= 0.3 is 0 Å². The number of amides is 1. The van der Waals surface area contributed by atoms with Crippen LogP contribution in [0.3, 0.4) is 0 Å².